The third-order valence-corrected chi connectivity index (χ3v) is 10.1. The Hall–Kier alpha value is -3.12. The molecule has 0 aliphatic heterocycles. The van der Waals surface area contributed by atoms with Crippen LogP contribution in [0.4, 0.5) is 0 Å². The first-order chi connectivity index (χ1) is 19.7. The first-order valence-corrected chi connectivity index (χ1v) is 16.0. The van der Waals surface area contributed by atoms with Crippen LogP contribution in [0.2, 0.25) is 0 Å². The predicted molar refractivity (Wildman–Crippen MR) is 187 cm³/mol. The van der Waals surface area contributed by atoms with Gasteiger partial charge in [0, 0.05) is 5.92 Å². The Bertz CT molecular complexity index is 1370. The van der Waals surface area contributed by atoms with Crippen LogP contribution in [0.1, 0.15) is 129 Å². The largest absolute Gasteiger partial charge is 0.0648 e. The zero-order valence-electron chi connectivity index (χ0n) is 28.9. The van der Waals surface area contributed by atoms with E-state index in [1.54, 1.807) is 0 Å². The third kappa shape index (κ3) is 8.03. The lowest BCUT2D eigenvalue weighted by Gasteiger charge is -2.26. The highest BCUT2D eigenvalue weighted by Crippen LogP contribution is 2.38. The van der Waals surface area contributed by atoms with Gasteiger partial charge in [-0.2, -0.15) is 0 Å². The Kier molecular flexibility index (Phi) is 11.4. The molecule has 0 heterocycles. The summed E-state index contributed by atoms with van der Waals surface area (Å²) >= 11 is 0. The van der Waals surface area contributed by atoms with E-state index in [1.807, 2.05) is 0 Å². The molecule has 0 radical (unpaired) electrons. The maximum absolute atomic E-state index is 2.43. The Morgan fingerprint density at radius 1 is 0.429 bits per heavy atom. The van der Waals surface area contributed by atoms with Crippen LogP contribution in [0, 0.1) is 69.2 Å². The number of hydrogen-bond donors (Lipinski definition) is 0. The van der Waals surface area contributed by atoms with Crippen LogP contribution in [0.25, 0.3) is 0 Å². The highest BCUT2D eigenvalue weighted by molar-refractivity contribution is 5.46. The molecule has 42 heavy (non-hydrogen) atoms. The molecule has 0 bridgehead atoms. The van der Waals surface area contributed by atoms with Crippen LogP contribution >= 0.6 is 0 Å². The molecule has 2 atom stereocenters. The highest BCUT2D eigenvalue weighted by Gasteiger charge is 2.22. The Balaban J connectivity index is 0.000000369. The van der Waals surface area contributed by atoms with Gasteiger partial charge in [0.05, 0.1) is 0 Å². The molecule has 0 aliphatic rings. The summed E-state index contributed by atoms with van der Waals surface area (Å²) in [5.41, 5.74) is 19.8. The van der Waals surface area contributed by atoms with Crippen molar-refractivity contribution in [1.82, 2.24) is 0 Å². The molecule has 0 fully saturated rings. The van der Waals surface area contributed by atoms with Crippen LogP contribution in [-0.2, 0) is 0 Å². The van der Waals surface area contributed by atoms with E-state index in [-0.39, 0.29) is 0 Å². The number of benzene rings is 4. The lowest BCUT2D eigenvalue weighted by molar-refractivity contribution is 0.614. The zero-order chi connectivity index (χ0) is 31.3. The summed E-state index contributed by atoms with van der Waals surface area (Å²) in [5.74, 6) is 1.59. The van der Waals surface area contributed by atoms with Crippen LogP contribution in [0.5, 0.6) is 0 Å². The van der Waals surface area contributed by atoms with Crippen molar-refractivity contribution in [3.63, 3.8) is 0 Å². The molecule has 0 N–H and O–H groups in total. The molecule has 0 saturated carbocycles. The van der Waals surface area contributed by atoms with E-state index in [1.165, 1.54) is 84.3 Å². The molecule has 4 rings (SSSR count). The molecule has 0 saturated heterocycles. The molecule has 224 valence electrons. The van der Waals surface area contributed by atoms with Gasteiger partial charge < -0.3 is 0 Å². The fourth-order valence-electron chi connectivity index (χ4n) is 5.98. The second-order valence-electron chi connectivity index (χ2n) is 13.2. The number of aryl methyl sites for hydroxylation is 7. The summed E-state index contributed by atoms with van der Waals surface area (Å²) in [6.07, 6.45) is 2.34. The van der Waals surface area contributed by atoms with Gasteiger partial charge in [-0.25, -0.2) is 0 Å². The first-order valence-electron chi connectivity index (χ1n) is 16.0. The fraction of sp³-hybridized carbons (Fsp3) is 0.429. The van der Waals surface area contributed by atoms with Gasteiger partial charge in [-0.05, 0) is 166 Å². The molecule has 4 aromatic carbocycles. The first kappa shape index (κ1) is 33.4. The van der Waals surface area contributed by atoms with Gasteiger partial charge in [0.1, 0.15) is 0 Å². The van der Waals surface area contributed by atoms with E-state index >= 15 is 0 Å². The van der Waals surface area contributed by atoms with Crippen LogP contribution < -0.4 is 0 Å². The quantitative estimate of drug-likeness (QED) is 0.211. The molecule has 0 spiro atoms. The summed E-state index contributed by atoms with van der Waals surface area (Å²) in [5, 5.41) is 0. The number of hydrogen-bond acceptors (Lipinski definition) is 0. The van der Waals surface area contributed by atoms with E-state index in [9.17, 15) is 0 Å². The minimum absolute atomic E-state index is 0.396. The zero-order valence-corrected chi connectivity index (χ0v) is 28.9. The van der Waals surface area contributed by atoms with Gasteiger partial charge in [0.25, 0.3) is 0 Å². The van der Waals surface area contributed by atoms with Crippen molar-refractivity contribution >= 4 is 0 Å². The van der Waals surface area contributed by atoms with E-state index in [2.05, 4.69) is 151 Å². The van der Waals surface area contributed by atoms with E-state index in [4.69, 9.17) is 0 Å². The van der Waals surface area contributed by atoms with Gasteiger partial charge in [0.15, 0.2) is 0 Å². The summed E-state index contributed by atoms with van der Waals surface area (Å²) in [6, 6.07) is 23.3. The van der Waals surface area contributed by atoms with Crippen molar-refractivity contribution in [3.8, 4) is 0 Å². The molecule has 4 aromatic rings. The normalized spacial score (nSPS) is 12.6. The fourth-order valence-corrected chi connectivity index (χ4v) is 5.98. The van der Waals surface area contributed by atoms with Crippen molar-refractivity contribution in [2.24, 2.45) is 0 Å². The minimum atomic E-state index is 0.396. The molecule has 2 unspecified atom stereocenters. The summed E-state index contributed by atoms with van der Waals surface area (Å²) < 4.78 is 0. The Morgan fingerprint density at radius 2 is 0.762 bits per heavy atom. The van der Waals surface area contributed by atoms with Crippen LogP contribution in [0.15, 0.2) is 60.7 Å². The summed E-state index contributed by atoms with van der Waals surface area (Å²) in [6.45, 7) is 29.2. The van der Waals surface area contributed by atoms with Gasteiger partial charge >= 0.3 is 0 Å². The Morgan fingerprint density at radius 3 is 1.10 bits per heavy atom. The molecule has 0 amide bonds. The minimum Gasteiger partial charge on any atom is -0.0648 e. The van der Waals surface area contributed by atoms with Crippen molar-refractivity contribution in [2.45, 2.75) is 121 Å². The SMILES string of the molecule is CCC(C)c1ccc(C)cc1.Cc1cc(C(C)CC(c2cc(C)c(C)c(C)c2)c2cc(C)c(C)c(C)c2)cc(C)c1C. The molecule has 0 aromatic heterocycles. The lowest BCUT2D eigenvalue weighted by atomic mass is 9.79. The van der Waals surface area contributed by atoms with Gasteiger partial charge in [-0.1, -0.05) is 87.0 Å². The van der Waals surface area contributed by atoms with E-state index in [0.717, 1.165) is 6.42 Å². The molecular weight excluding hydrogens is 504 g/mol. The average molecular weight is 561 g/mol. The van der Waals surface area contributed by atoms with Gasteiger partial charge in [-0.3, -0.25) is 0 Å². The topological polar surface area (TPSA) is 0 Å². The van der Waals surface area contributed by atoms with Gasteiger partial charge in [0.2, 0.25) is 0 Å². The van der Waals surface area contributed by atoms with E-state index < -0.39 is 0 Å². The second kappa shape index (κ2) is 14.4. The standard InChI is InChI=1S/C31H40.C11H16/c1-18-11-28(12-19(2)25(18)8)24(7)17-31(29-13-20(3)26(9)21(4)14-29)30-15-22(5)27(10)23(6)16-30;1-4-10(3)11-7-5-9(2)6-8-11/h11-16,24,31H,17H2,1-10H3;5-8,10H,4H2,1-3H3. The van der Waals surface area contributed by atoms with Crippen LogP contribution in [0.3, 0.4) is 0 Å². The molecule has 0 aliphatic carbocycles. The smallest absolute Gasteiger partial charge is 0.00954 e. The molecular formula is C42H56. The maximum Gasteiger partial charge on any atom is 0.00954 e. The molecule has 0 heteroatoms. The second-order valence-corrected chi connectivity index (χ2v) is 13.2. The summed E-state index contributed by atoms with van der Waals surface area (Å²) in [7, 11) is 0. The van der Waals surface area contributed by atoms with E-state index in [0.29, 0.717) is 17.8 Å². The van der Waals surface area contributed by atoms with Crippen molar-refractivity contribution in [3.05, 3.63) is 139 Å². The van der Waals surface area contributed by atoms with Crippen LogP contribution in [-0.4, -0.2) is 0 Å². The third-order valence-electron chi connectivity index (χ3n) is 10.1. The van der Waals surface area contributed by atoms with Crippen molar-refractivity contribution in [1.29, 1.82) is 0 Å². The monoisotopic (exact) mass is 560 g/mol. The van der Waals surface area contributed by atoms with Crippen molar-refractivity contribution < 1.29 is 0 Å². The average Bonchev–Trinajstić information content (AvgIpc) is 2.95. The number of rotatable bonds is 7. The maximum atomic E-state index is 2.43. The molecule has 0 nitrogen and oxygen atoms in total. The predicted octanol–water partition coefficient (Wildman–Crippen LogP) is 12.3. The highest BCUT2D eigenvalue weighted by atomic mass is 14.3. The Labute approximate surface area is 258 Å². The lowest BCUT2D eigenvalue weighted by Crippen LogP contribution is -2.09. The summed E-state index contributed by atoms with van der Waals surface area (Å²) in [4.78, 5) is 0. The van der Waals surface area contributed by atoms with Gasteiger partial charge in [-0.15, -0.1) is 0 Å². The van der Waals surface area contributed by atoms with Crippen molar-refractivity contribution in [2.75, 3.05) is 0 Å².